The molecule has 1 saturated heterocycles. The fourth-order valence-corrected chi connectivity index (χ4v) is 3.98. The quantitative estimate of drug-likeness (QED) is 0.895. The van der Waals surface area contributed by atoms with Crippen molar-refractivity contribution in [3.8, 4) is 0 Å². The van der Waals surface area contributed by atoms with Crippen LogP contribution in [0.15, 0.2) is 22.8 Å². The van der Waals surface area contributed by atoms with Gasteiger partial charge in [0.15, 0.2) is 9.84 Å². The van der Waals surface area contributed by atoms with E-state index in [4.69, 9.17) is 4.42 Å². The van der Waals surface area contributed by atoms with Gasteiger partial charge in [0.25, 0.3) is 0 Å². The number of nitrogens with one attached hydrogen (secondary N) is 1. The lowest BCUT2D eigenvalue weighted by Crippen LogP contribution is -2.41. The third-order valence-electron chi connectivity index (χ3n) is 3.19. The lowest BCUT2D eigenvalue weighted by molar-refractivity contribution is 0.359. The zero-order chi connectivity index (χ0) is 12.3. The molecule has 0 spiro atoms. The number of rotatable bonds is 4. The van der Waals surface area contributed by atoms with Crippen molar-refractivity contribution in [3.05, 3.63) is 24.2 Å². The number of sulfone groups is 1. The second kappa shape index (κ2) is 5.23. The largest absolute Gasteiger partial charge is 0.468 e. The summed E-state index contributed by atoms with van der Waals surface area (Å²) in [5, 5.41) is 3.39. The maximum absolute atomic E-state index is 11.6. The summed E-state index contributed by atoms with van der Waals surface area (Å²) in [6.45, 7) is 2.07. The third kappa shape index (κ3) is 3.33. The van der Waals surface area contributed by atoms with Gasteiger partial charge < -0.3 is 9.73 Å². The molecule has 1 aliphatic heterocycles. The molecule has 0 bridgehead atoms. The van der Waals surface area contributed by atoms with Gasteiger partial charge in [-0.15, -0.1) is 0 Å². The molecule has 2 rings (SSSR count). The molecule has 1 N–H and O–H groups in total. The van der Waals surface area contributed by atoms with Gasteiger partial charge in [-0.2, -0.15) is 0 Å². The molecule has 5 heteroatoms. The summed E-state index contributed by atoms with van der Waals surface area (Å²) in [5.41, 5.74) is 0. The molecule has 2 atom stereocenters. The maximum Gasteiger partial charge on any atom is 0.151 e. The van der Waals surface area contributed by atoms with Gasteiger partial charge >= 0.3 is 0 Å². The number of hydrogen-bond donors (Lipinski definition) is 1. The highest BCUT2D eigenvalue weighted by Crippen LogP contribution is 2.21. The van der Waals surface area contributed by atoms with Crippen LogP contribution in [0.3, 0.4) is 0 Å². The molecular weight excluding hydrogens is 238 g/mol. The molecule has 0 aliphatic carbocycles. The SMILES string of the molecule is CCC(NC1CCCS(=O)(=O)C1)c1ccco1. The van der Waals surface area contributed by atoms with Gasteiger partial charge in [0.1, 0.15) is 5.76 Å². The van der Waals surface area contributed by atoms with E-state index in [0.29, 0.717) is 5.75 Å². The fraction of sp³-hybridized carbons (Fsp3) is 0.667. The van der Waals surface area contributed by atoms with Crippen LogP contribution in [-0.2, 0) is 9.84 Å². The summed E-state index contributed by atoms with van der Waals surface area (Å²) in [7, 11) is -2.85. The van der Waals surface area contributed by atoms with Crippen LogP contribution in [0.25, 0.3) is 0 Å². The highest BCUT2D eigenvalue weighted by Gasteiger charge is 2.27. The van der Waals surface area contributed by atoms with Gasteiger partial charge in [0, 0.05) is 6.04 Å². The molecule has 1 aromatic rings. The van der Waals surface area contributed by atoms with Crippen LogP contribution >= 0.6 is 0 Å². The predicted octanol–water partition coefficient (Wildman–Crippen LogP) is 1.90. The molecule has 1 fully saturated rings. The Hall–Kier alpha value is -0.810. The Kier molecular flexibility index (Phi) is 3.89. The van der Waals surface area contributed by atoms with Crippen LogP contribution in [0.4, 0.5) is 0 Å². The molecule has 0 radical (unpaired) electrons. The van der Waals surface area contributed by atoms with Gasteiger partial charge in [-0.05, 0) is 31.4 Å². The molecule has 2 heterocycles. The summed E-state index contributed by atoms with van der Waals surface area (Å²) < 4.78 is 28.5. The minimum absolute atomic E-state index is 0.0591. The predicted molar refractivity (Wildman–Crippen MR) is 66.6 cm³/mol. The fourth-order valence-electron chi connectivity index (χ4n) is 2.33. The summed E-state index contributed by atoms with van der Waals surface area (Å²) >= 11 is 0. The standard InChI is InChI=1S/C12H19NO3S/c1-2-11(12-6-3-7-16-12)13-10-5-4-8-17(14,15)9-10/h3,6-7,10-11,13H,2,4-5,8-9H2,1H3. The summed E-state index contributed by atoms with van der Waals surface area (Å²) in [6.07, 6.45) is 4.23. The lowest BCUT2D eigenvalue weighted by atomic mass is 10.1. The van der Waals surface area contributed by atoms with E-state index in [2.05, 4.69) is 12.2 Å². The van der Waals surface area contributed by atoms with Crippen LogP contribution in [0, 0.1) is 0 Å². The van der Waals surface area contributed by atoms with E-state index in [1.807, 2.05) is 12.1 Å². The van der Waals surface area contributed by atoms with E-state index in [0.717, 1.165) is 25.0 Å². The van der Waals surface area contributed by atoms with E-state index >= 15 is 0 Å². The first-order chi connectivity index (χ1) is 8.11. The third-order valence-corrected chi connectivity index (χ3v) is 5.02. The first kappa shape index (κ1) is 12.6. The molecule has 2 unspecified atom stereocenters. The molecule has 4 nitrogen and oxygen atoms in total. The van der Waals surface area contributed by atoms with Crippen molar-refractivity contribution in [2.45, 2.75) is 38.3 Å². The van der Waals surface area contributed by atoms with Crippen LogP contribution in [0.5, 0.6) is 0 Å². The van der Waals surface area contributed by atoms with E-state index < -0.39 is 9.84 Å². The van der Waals surface area contributed by atoms with Crippen LogP contribution in [0.2, 0.25) is 0 Å². The monoisotopic (exact) mass is 257 g/mol. The Bertz CT molecular complexity index is 438. The van der Waals surface area contributed by atoms with Gasteiger partial charge in [0.05, 0.1) is 23.8 Å². The first-order valence-corrected chi connectivity index (χ1v) is 7.93. The Morgan fingerprint density at radius 3 is 3.00 bits per heavy atom. The zero-order valence-electron chi connectivity index (χ0n) is 10.1. The number of hydrogen-bond acceptors (Lipinski definition) is 4. The van der Waals surface area contributed by atoms with E-state index in [1.54, 1.807) is 6.26 Å². The van der Waals surface area contributed by atoms with Gasteiger partial charge in [-0.25, -0.2) is 8.42 Å². The first-order valence-electron chi connectivity index (χ1n) is 6.10. The average molecular weight is 257 g/mol. The van der Waals surface area contributed by atoms with E-state index in [9.17, 15) is 8.42 Å². The minimum atomic E-state index is -2.85. The van der Waals surface area contributed by atoms with Crippen molar-refractivity contribution in [1.29, 1.82) is 0 Å². The molecule has 96 valence electrons. The average Bonchev–Trinajstić information content (AvgIpc) is 2.78. The number of furan rings is 1. The minimum Gasteiger partial charge on any atom is -0.468 e. The zero-order valence-corrected chi connectivity index (χ0v) is 10.9. The maximum atomic E-state index is 11.6. The van der Waals surface area contributed by atoms with Crippen molar-refractivity contribution in [1.82, 2.24) is 5.32 Å². The molecule has 17 heavy (non-hydrogen) atoms. The Labute approximate surface area is 102 Å². The van der Waals surface area contributed by atoms with Gasteiger partial charge in [-0.1, -0.05) is 6.92 Å². The summed E-state index contributed by atoms with van der Waals surface area (Å²) in [5.74, 6) is 1.47. The topological polar surface area (TPSA) is 59.3 Å². The smallest absolute Gasteiger partial charge is 0.151 e. The van der Waals surface area contributed by atoms with E-state index in [-0.39, 0.29) is 17.8 Å². The normalized spacial score (nSPS) is 25.6. The summed E-state index contributed by atoms with van der Waals surface area (Å²) in [4.78, 5) is 0. The van der Waals surface area contributed by atoms with Crippen molar-refractivity contribution in [2.75, 3.05) is 11.5 Å². The van der Waals surface area contributed by atoms with Crippen molar-refractivity contribution in [3.63, 3.8) is 0 Å². The summed E-state index contributed by atoms with van der Waals surface area (Å²) in [6, 6.07) is 3.96. The van der Waals surface area contributed by atoms with Gasteiger partial charge in [-0.3, -0.25) is 0 Å². The lowest BCUT2D eigenvalue weighted by Gasteiger charge is -2.27. The molecule has 0 aromatic carbocycles. The van der Waals surface area contributed by atoms with Crippen molar-refractivity contribution in [2.24, 2.45) is 0 Å². The van der Waals surface area contributed by atoms with Crippen LogP contribution in [-0.4, -0.2) is 26.0 Å². The van der Waals surface area contributed by atoms with Crippen molar-refractivity contribution >= 4 is 9.84 Å². The molecule has 1 aromatic heterocycles. The highest BCUT2D eigenvalue weighted by molar-refractivity contribution is 7.91. The van der Waals surface area contributed by atoms with Crippen molar-refractivity contribution < 1.29 is 12.8 Å². The van der Waals surface area contributed by atoms with Crippen LogP contribution < -0.4 is 5.32 Å². The molecular formula is C12H19NO3S. The molecule has 1 aliphatic rings. The second-order valence-corrected chi connectivity index (χ2v) is 6.83. The molecule has 0 saturated carbocycles. The van der Waals surface area contributed by atoms with Crippen LogP contribution in [0.1, 0.15) is 38.0 Å². The Balaban J connectivity index is 2.00. The highest BCUT2D eigenvalue weighted by atomic mass is 32.2. The molecule has 0 amide bonds. The van der Waals surface area contributed by atoms with Gasteiger partial charge in [0.2, 0.25) is 0 Å². The van der Waals surface area contributed by atoms with E-state index in [1.165, 1.54) is 0 Å². The Morgan fingerprint density at radius 1 is 1.59 bits per heavy atom. The Morgan fingerprint density at radius 2 is 2.41 bits per heavy atom. The second-order valence-electron chi connectivity index (χ2n) is 4.60.